The zero-order chi connectivity index (χ0) is 49.3. The van der Waals surface area contributed by atoms with Gasteiger partial charge in [0.15, 0.2) is 16.4 Å². The molecule has 2 saturated heterocycles. The number of nitrogens with one attached hydrogen (secondary N) is 2. The Hall–Kier alpha value is -7.17. The van der Waals surface area contributed by atoms with Gasteiger partial charge < -0.3 is 24.1 Å². The lowest BCUT2D eigenvalue weighted by Gasteiger charge is -2.34. The molecule has 0 radical (unpaired) electrons. The fraction of sp³-hybridized carbons (Fsp3) is 0.375. The number of amides is 3. The lowest BCUT2D eigenvalue weighted by molar-refractivity contribution is -0.134. The van der Waals surface area contributed by atoms with E-state index in [9.17, 15) is 24.3 Å². The predicted molar refractivity (Wildman–Crippen MR) is 278 cm³/mol. The highest BCUT2D eigenvalue weighted by Crippen LogP contribution is 2.38. The normalized spacial score (nSPS) is 19.6. The van der Waals surface area contributed by atoms with Gasteiger partial charge in [0.1, 0.15) is 17.1 Å². The number of carbonyl (C=O) groups excluding carboxylic acids is 3. The smallest absolute Gasteiger partial charge is 0.355 e. The van der Waals surface area contributed by atoms with Crippen LogP contribution in [0.25, 0.3) is 32.4 Å². The summed E-state index contributed by atoms with van der Waals surface area (Å²) < 4.78 is 13.9. The Morgan fingerprint density at radius 3 is 2.47 bits per heavy atom. The van der Waals surface area contributed by atoms with Crippen LogP contribution in [0.5, 0.6) is 5.75 Å². The molecule has 3 fully saturated rings. The van der Waals surface area contributed by atoms with Gasteiger partial charge in [-0.15, -0.1) is 0 Å². The highest BCUT2D eigenvalue weighted by molar-refractivity contribution is 7.22. The molecule has 1 atom stereocenters. The first-order valence-corrected chi connectivity index (χ1v) is 26.2. The molecule has 72 heavy (non-hydrogen) atoms. The quantitative estimate of drug-likeness (QED) is 0.0692. The summed E-state index contributed by atoms with van der Waals surface area (Å²) in [4.78, 5) is 71.5. The first kappa shape index (κ1) is 47.2. The SMILES string of the molecule is Cc1c(OC2CCC(CCCCN3CCN(c4nc5ccc(C6CCC(=O)NC6=O)cc5o4)CC3)CC2)cccc1-c1ccc(N2CCc3cccc(C(=O)Nc4nc5ccccc5s4)c3C2)nc1C(=O)O. The molecule has 11 rings (SSSR count). The Morgan fingerprint density at radius 2 is 1.65 bits per heavy atom. The monoisotopic (exact) mass is 986 g/mol. The van der Waals surface area contributed by atoms with E-state index in [1.54, 1.807) is 0 Å². The van der Waals surface area contributed by atoms with E-state index in [1.807, 2.05) is 103 Å². The molecule has 370 valence electrons. The number of ether oxygens (including phenoxy) is 1. The number of rotatable bonds is 14. The topological polar surface area (TPSA) is 183 Å². The molecule has 3 aliphatic heterocycles. The first-order chi connectivity index (χ1) is 35.1. The summed E-state index contributed by atoms with van der Waals surface area (Å²) in [6.45, 7) is 7.71. The molecular weight excluding hydrogens is 929 g/mol. The number of pyridine rings is 1. The number of carboxylic acids is 1. The van der Waals surface area contributed by atoms with E-state index in [4.69, 9.17) is 19.1 Å². The molecule has 1 unspecified atom stereocenters. The number of imide groups is 1. The average Bonchev–Trinajstić information content (AvgIpc) is 4.02. The second-order valence-corrected chi connectivity index (χ2v) is 20.7. The van der Waals surface area contributed by atoms with Crippen molar-refractivity contribution in [3.05, 3.63) is 125 Å². The molecule has 6 heterocycles. The molecule has 7 aromatic rings. The van der Waals surface area contributed by atoms with Crippen molar-refractivity contribution in [1.82, 2.24) is 25.2 Å². The minimum atomic E-state index is -1.10. The highest BCUT2D eigenvalue weighted by atomic mass is 32.1. The van der Waals surface area contributed by atoms with E-state index in [2.05, 4.69) is 25.4 Å². The van der Waals surface area contributed by atoms with Crippen molar-refractivity contribution in [3.63, 3.8) is 0 Å². The molecule has 0 bridgehead atoms. The standard InChI is InChI=1S/C56H58N8O7S/c1-34-39(41-20-23-49(59-51(41)54(68)69)64-27-25-36-9-6-11-42(43(36)33-64)53(67)61-55-57-45-12-2-3-14-48(45)72-55)10-7-13-46(34)70-38-18-15-35(16-19-38)8-4-5-26-62-28-30-63(31-29-62)56-58-44-22-17-37(32-47(44)71-56)40-21-24-50(65)60-52(40)66/h2-3,6-7,9-14,17,20,22-23,32,35,38,40H,4-5,8,15-16,18-19,21,24-31,33H2,1H3,(H,68,69)(H,57,61,67)(H,60,65,66). The maximum absolute atomic E-state index is 13.7. The van der Waals surface area contributed by atoms with Crippen LogP contribution < -0.4 is 25.2 Å². The Labute approximate surface area is 421 Å². The number of oxazole rings is 1. The minimum absolute atomic E-state index is 0.0206. The van der Waals surface area contributed by atoms with Gasteiger partial charge in [-0.2, -0.15) is 4.98 Å². The van der Waals surface area contributed by atoms with Gasteiger partial charge in [0.05, 0.1) is 22.2 Å². The molecule has 1 aliphatic carbocycles. The number of nitrogens with zero attached hydrogens (tertiary/aromatic N) is 6. The number of thiazole rings is 1. The van der Waals surface area contributed by atoms with Crippen LogP contribution >= 0.6 is 11.3 Å². The van der Waals surface area contributed by atoms with Gasteiger partial charge in [0.25, 0.3) is 11.9 Å². The van der Waals surface area contributed by atoms with Crippen molar-refractivity contribution in [3.8, 4) is 16.9 Å². The van der Waals surface area contributed by atoms with Crippen LogP contribution in [0.3, 0.4) is 0 Å². The van der Waals surface area contributed by atoms with Crippen molar-refractivity contribution >= 4 is 73.3 Å². The molecule has 3 amide bonds. The zero-order valence-electron chi connectivity index (χ0n) is 40.4. The molecule has 0 spiro atoms. The number of hydrogen-bond donors (Lipinski definition) is 3. The van der Waals surface area contributed by atoms with Crippen LogP contribution in [-0.2, 0) is 22.6 Å². The number of hydrogen-bond acceptors (Lipinski definition) is 13. The zero-order valence-corrected chi connectivity index (χ0v) is 41.2. The molecule has 4 aromatic carbocycles. The molecular formula is C56H58N8O7S. The van der Waals surface area contributed by atoms with Crippen LogP contribution in [0, 0.1) is 12.8 Å². The van der Waals surface area contributed by atoms with E-state index >= 15 is 0 Å². The molecule has 4 aliphatic rings. The van der Waals surface area contributed by atoms with Gasteiger partial charge in [0, 0.05) is 56.8 Å². The third-order valence-corrected chi connectivity index (χ3v) is 16.1. The summed E-state index contributed by atoms with van der Waals surface area (Å²) in [5.41, 5.74) is 7.86. The number of fused-ring (bicyclic) bond motifs is 3. The van der Waals surface area contributed by atoms with Crippen LogP contribution in [0.4, 0.5) is 17.0 Å². The Balaban J connectivity index is 0.647. The molecule has 3 aromatic heterocycles. The van der Waals surface area contributed by atoms with E-state index in [0.29, 0.717) is 71.9 Å². The van der Waals surface area contributed by atoms with Gasteiger partial charge in [-0.3, -0.25) is 29.9 Å². The molecule has 1 saturated carbocycles. The Morgan fingerprint density at radius 1 is 0.819 bits per heavy atom. The third-order valence-electron chi connectivity index (χ3n) is 15.1. The van der Waals surface area contributed by atoms with Gasteiger partial charge in [-0.05, 0) is 141 Å². The van der Waals surface area contributed by atoms with Crippen LogP contribution in [0.15, 0.2) is 95.4 Å². The van der Waals surface area contributed by atoms with Gasteiger partial charge in [-0.25, -0.2) is 14.8 Å². The molecule has 3 N–H and O–H groups in total. The number of aromatic carboxylic acids is 1. The highest BCUT2D eigenvalue weighted by Gasteiger charge is 2.30. The van der Waals surface area contributed by atoms with E-state index in [0.717, 1.165) is 108 Å². The number of anilines is 3. The summed E-state index contributed by atoms with van der Waals surface area (Å²) >= 11 is 1.44. The summed E-state index contributed by atoms with van der Waals surface area (Å²) in [7, 11) is 0. The number of benzene rings is 4. The summed E-state index contributed by atoms with van der Waals surface area (Å²) in [6.07, 6.45) is 9.47. The molecule has 15 nitrogen and oxygen atoms in total. The Kier molecular flexibility index (Phi) is 13.4. The maximum atomic E-state index is 13.7. The Bertz CT molecular complexity index is 3160. The van der Waals surface area contributed by atoms with Crippen LogP contribution in [0.1, 0.15) is 107 Å². The second-order valence-electron chi connectivity index (χ2n) is 19.7. The number of unbranched alkanes of at least 4 members (excludes halogenated alkanes) is 1. The van der Waals surface area contributed by atoms with Gasteiger partial charge in [-0.1, -0.05) is 66.6 Å². The molecule has 16 heteroatoms. The fourth-order valence-corrected chi connectivity index (χ4v) is 11.9. The number of para-hydroxylation sites is 1. The lowest BCUT2D eigenvalue weighted by atomic mass is 9.84. The van der Waals surface area contributed by atoms with E-state index < -0.39 is 5.97 Å². The number of piperidine rings is 1. The summed E-state index contributed by atoms with van der Waals surface area (Å²) in [5.74, 6) is -0.148. The van der Waals surface area contributed by atoms with Gasteiger partial charge >= 0.3 is 5.97 Å². The summed E-state index contributed by atoms with van der Waals surface area (Å²) in [6, 6.07) is 29.5. The van der Waals surface area contributed by atoms with Crippen molar-refractivity contribution < 1.29 is 33.4 Å². The number of carbonyl (C=O) groups is 4. The number of aromatic nitrogens is 3. The van der Waals surface area contributed by atoms with Crippen molar-refractivity contribution in [1.29, 1.82) is 0 Å². The maximum Gasteiger partial charge on any atom is 0.355 e. The van der Waals surface area contributed by atoms with E-state index in [1.165, 1.54) is 30.6 Å². The predicted octanol–water partition coefficient (Wildman–Crippen LogP) is 9.77. The fourth-order valence-electron chi connectivity index (χ4n) is 11.1. The van der Waals surface area contributed by atoms with Gasteiger partial charge in [0.2, 0.25) is 11.8 Å². The largest absolute Gasteiger partial charge is 0.490 e. The van der Waals surface area contributed by atoms with Crippen LogP contribution in [-0.4, -0.2) is 94.0 Å². The number of piperazine rings is 1. The van der Waals surface area contributed by atoms with Crippen molar-refractivity contribution in [2.75, 3.05) is 54.4 Å². The lowest BCUT2D eigenvalue weighted by Crippen LogP contribution is -2.46. The van der Waals surface area contributed by atoms with Crippen molar-refractivity contribution in [2.45, 2.75) is 89.7 Å². The summed E-state index contributed by atoms with van der Waals surface area (Å²) in [5, 5.41) is 16.5. The van der Waals surface area contributed by atoms with Crippen molar-refractivity contribution in [2.24, 2.45) is 5.92 Å². The van der Waals surface area contributed by atoms with E-state index in [-0.39, 0.29) is 35.4 Å². The minimum Gasteiger partial charge on any atom is -0.490 e. The second kappa shape index (κ2) is 20.5. The first-order valence-electron chi connectivity index (χ1n) is 25.4. The van der Waals surface area contributed by atoms with Crippen LogP contribution in [0.2, 0.25) is 0 Å². The number of carboxylic acid groups (broad SMARTS) is 1. The third kappa shape index (κ3) is 10.0. The average molecular weight is 987 g/mol.